The van der Waals surface area contributed by atoms with Crippen LogP contribution in [0.25, 0.3) is 0 Å². The van der Waals surface area contributed by atoms with Crippen molar-refractivity contribution in [2.24, 2.45) is 11.8 Å². The van der Waals surface area contributed by atoms with Crippen LogP contribution in [0, 0.1) is 11.8 Å². The minimum atomic E-state index is 0.525. The molecule has 2 saturated carbocycles. The zero-order valence-corrected chi connectivity index (χ0v) is 13.7. The van der Waals surface area contributed by atoms with Gasteiger partial charge in [-0.1, -0.05) is 19.8 Å². The fraction of sp³-hybridized carbons (Fsp3) is 0.833. The van der Waals surface area contributed by atoms with Gasteiger partial charge in [0.25, 0.3) is 0 Å². The van der Waals surface area contributed by atoms with Crippen LogP contribution in [0.4, 0.5) is 0 Å². The van der Waals surface area contributed by atoms with Crippen molar-refractivity contribution in [1.29, 1.82) is 0 Å². The van der Waals surface area contributed by atoms with E-state index >= 15 is 0 Å². The molecule has 0 aliphatic heterocycles. The van der Waals surface area contributed by atoms with Gasteiger partial charge in [0.05, 0.1) is 5.69 Å². The average Bonchev–Trinajstić information content (AvgIpc) is 3.23. The van der Waals surface area contributed by atoms with E-state index in [1.165, 1.54) is 57.2 Å². The molecule has 21 heavy (non-hydrogen) atoms. The summed E-state index contributed by atoms with van der Waals surface area (Å²) in [4.78, 5) is 0. The minimum Gasteiger partial charge on any atom is -0.314 e. The molecule has 0 saturated heterocycles. The highest BCUT2D eigenvalue weighted by Gasteiger charge is 2.28. The van der Waals surface area contributed by atoms with Crippen LogP contribution in [-0.2, 0) is 6.42 Å². The van der Waals surface area contributed by atoms with Crippen molar-refractivity contribution < 1.29 is 0 Å². The molecule has 0 aromatic carbocycles. The van der Waals surface area contributed by atoms with Crippen LogP contribution in [0.2, 0.25) is 0 Å². The highest BCUT2D eigenvalue weighted by atomic mass is 15.3. The number of nitrogens with zero attached hydrogens (tertiary/aromatic N) is 2. The number of hydrogen-bond donors (Lipinski definition) is 1. The van der Waals surface area contributed by atoms with E-state index in [9.17, 15) is 0 Å². The maximum Gasteiger partial charge on any atom is 0.0627 e. The Morgan fingerprint density at radius 1 is 1.24 bits per heavy atom. The summed E-state index contributed by atoms with van der Waals surface area (Å²) in [7, 11) is 0. The van der Waals surface area contributed by atoms with Gasteiger partial charge >= 0.3 is 0 Å². The molecule has 1 N–H and O–H groups in total. The first-order chi connectivity index (χ1) is 10.3. The third-order valence-electron chi connectivity index (χ3n) is 5.49. The number of hydrogen-bond acceptors (Lipinski definition) is 2. The normalized spacial score (nSPS) is 27.7. The van der Waals surface area contributed by atoms with Crippen molar-refractivity contribution in [3.63, 3.8) is 0 Å². The second-order valence-electron chi connectivity index (χ2n) is 7.24. The molecule has 0 radical (unpaired) electrons. The molecule has 3 rings (SSSR count). The Bertz CT molecular complexity index is 435. The molecule has 2 aliphatic rings. The lowest BCUT2D eigenvalue weighted by molar-refractivity contribution is 0.226. The predicted molar refractivity (Wildman–Crippen MR) is 87.4 cm³/mol. The molecule has 1 heterocycles. The Hall–Kier alpha value is -0.830. The summed E-state index contributed by atoms with van der Waals surface area (Å²) in [5.41, 5.74) is 1.30. The lowest BCUT2D eigenvalue weighted by Gasteiger charge is -2.31. The molecule has 3 atom stereocenters. The predicted octanol–water partition coefficient (Wildman–Crippen LogP) is 3.96. The van der Waals surface area contributed by atoms with Crippen LogP contribution in [-0.4, -0.2) is 22.4 Å². The lowest BCUT2D eigenvalue weighted by Crippen LogP contribution is -2.32. The Kier molecular flexibility index (Phi) is 4.99. The van der Waals surface area contributed by atoms with Gasteiger partial charge in [0, 0.05) is 18.3 Å². The van der Waals surface area contributed by atoms with Crippen molar-refractivity contribution in [3.05, 3.63) is 18.0 Å². The van der Waals surface area contributed by atoms with E-state index < -0.39 is 0 Å². The SMILES string of the molecule is CCC(C)n1ccc(CC2CCCCC2CNC2CC2)n1. The standard InChI is InChI=1S/C18H31N3/c1-3-14(2)21-11-10-18(20-21)12-15-6-4-5-7-16(15)13-19-17-8-9-17/h10-11,14-17,19H,3-9,12-13H2,1-2H3. The molecular formula is C18H31N3. The molecule has 0 bridgehead atoms. The van der Waals surface area contributed by atoms with E-state index in [1.807, 2.05) is 0 Å². The maximum absolute atomic E-state index is 4.81. The molecular weight excluding hydrogens is 258 g/mol. The first-order valence-electron chi connectivity index (χ1n) is 9.03. The van der Waals surface area contributed by atoms with Gasteiger partial charge in [0.1, 0.15) is 0 Å². The van der Waals surface area contributed by atoms with Crippen LogP contribution < -0.4 is 5.32 Å². The summed E-state index contributed by atoms with van der Waals surface area (Å²) in [6, 6.07) is 3.61. The van der Waals surface area contributed by atoms with Crippen molar-refractivity contribution in [3.8, 4) is 0 Å². The Balaban J connectivity index is 1.56. The van der Waals surface area contributed by atoms with Gasteiger partial charge in [-0.25, -0.2) is 0 Å². The summed E-state index contributed by atoms with van der Waals surface area (Å²) < 4.78 is 2.15. The fourth-order valence-corrected chi connectivity index (χ4v) is 3.61. The molecule has 0 spiro atoms. The zero-order chi connectivity index (χ0) is 14.7. The molecule has 3 unspecified atom stereocenters. The van der Waals surface area contributed by atoms with Gasteiger partial charge < -0.3 is 5.32 Å². The van der Waals surface area contributed by atoms with Gasteiger partial charge in [-0.2, -0.15) is 5.10 Å². The van der Waals surface area contributed by atoms with Crippen LogP contribution in [0.1, 0.15) is 70.5 Å². The lowest BCUT2D eigenvalue weighted by atomic mass is 9.77. The highest BCUT2D eigenvalue weighted by molar-refractivity contribution is 5.02. The van der Waals surface area contributed by atoms with Gasteiger partial charge in [-0.05, 0) is 69.9 Å². The van der Waals surface area contributed by atoms with Gasteiger partial charge in [0.2, 0.25) is 0 Å². The van der Waals surface area contributed by atoms with E-state index in [1.54, 1.807) is 0 Å². The molecule has 3 heteroatoms. The topological polar surface area (TPSA) is 29.9 Å². The summed E-state index contributed by atoms with van der Waals surface area (Å²) in [6.45, 7) is 5.72. The molecule has 3 nitrogen and oxygen atoms in total. The third-order valence-corrected chi connectivity index (χ3v) is 5.49. The molecule has 1 aromatic heterocycles. The Morgan fingerprint density at radius 3 is 2.71 bits per heavy atom. The summed E-state index contributed by atoms with van der Waals surface area (Å²) in [6.07, 6.45) is 12.9. The smallest absolute Gasteiger partial charge is 0.0627 e. The third kappa shape index (κ3) is 4.09. The van der Waals surface area contributed by atoms with Crippen molar-refractivity contribution in [1.82, 2.24) is 15.1 Å². The maximum atomic E-state index is 4.81. The second-order valence-corrected chi connectivity index (χ2v) is 7.24. The molecule has 0 amide bonds. The van der Waals surface area contributed by atoms with Gasteiger partial charge in [0.15, 0.2) is 0 Å². The summed E-state index contributed by atoms with van der Waals surface area (Å²) in [5, 5.41) is 8.56. The van der Waals surface area contributed by atoms with Crippen molar-refractivity contribution in [2.75, 3.05) is 6.54 Å². The van der Waals surface area contributed by atoms with Crippen LogP contribution >= 0.6 is 0 Å². The minimum absolute atomic E-state index is 0.525. The van der Waals surface area contributed by atoms with E-state index in [2.05, 4.69) is 36.1 Å². The fourth-order valence-electron chi connectivity index (χ4n) is 3.61. The zero-order valence-electron chi connectivity index (χ0n) is 13.7. The first-order valence-corrected chi connectivity index (χ1v) is 9.03. The Labute approximate surface area is 129 Å². The van der Waals surface area contributed by atoms with Gasteiger partial charge in [-0.15, -0.1) is 0 Å². The van der Waals surface area contributed by atoms with Crippen LogP contribution in [0.3, 0.4) is 0 Å². The quantitative estimate of drug-likeness (QED) is 0.823. The molecule has 2 fully saturated rings. The Morgan fingerprint density at radius 2 is 2.00 bits per heavy atom. The number of rotatable bonds is 7. The monoisotopic (exact) mass is 289 g/mol. The highest BCUT2D eigenvalue weighted by Crippen LogP contribution is 2.33. The van der Waals surface area contributed by atoms with E-state index in [4.69, 9.17) is 5.10 Å². The van der Waals surface area contributed by atoms with E-state index in [0.29, 0.717) is 6.04 Å². The number of aromatic nitrogens is 2. The molecule has 118 valence electrons. The number of nitrogens with one attached hydrogen (secondary N) is 1. The average molecular weight is 289 g/mol. The first kappa shape index (κ1) is 15.1. The van der Waals surface area contributed by atoms with Crippen LogP contribution in [0.15, 0.2) is 12.3 Å². The van der Waals surface area contributed by atoms with E-state index in [-0.39, 0.29) is 0 Å². The van der Waals surface area contributed by atoms with Crippen molar-refractivity contribution in [2.45, 2.75) is 77.3 Å². The van der Waals surface area contributed by atoms with E-state index in [0.717, 1.165) is 24.3 Å². The second kappa shape index (κ2) is 6.95. The van der Waals surface area contributed by atoms with Crippen LogP contribution in [0.5, 0.6) is 0 Å². The molecule has 1 aromatic rings. The van der Waals surface area contributed by atoms with Crippen molar-refractivity contribution >= 4 is 0 Å². The largest absolute Gasteiger partial charge is 0.314 e. The summed E-state index contributed by atoms with van der Waals surface area (Å²) >= 11 is 0. The molecule has 2 aliphatic carbocycles. The summed E-state index contributed by atoms with van der Waals surface area (Å²) in [5.74, 6) is 1.71. The van der Waals surface area contributed by atoms with Gasteiger partial charge in [-0.3, -0.25) is 4.68 Å².